The van der Waals surface area contributed by atoms with Crippen LogP contribution >= 0.6 is 11.8 Å². The van der Waals surface area contributed by atoms with E-state index in [1.54, 1.807) is 0 Å². The average Bonchev–Trinajstić information content (AvgIpc) is 2.33. The summed E-state index contributed by atoms with van der Waals surface area (Å²) in [5.41, 5.74) is 0.445. The first-order valence-electron chi connectivity index (χ1n) is 7.64. The van der Waals surface area contributed by atoms with Gasteiger partial charge >= 0.3 is 0 Å². The largest absolute Gasteiger partial charge is 0.316 e. The van der Waals surface area contributed by atoms with Crippen molar-refractivity contribution in [2.75, 3.05) is 37.7 Å². The monoisotopic (exact) mass is 272 g/mol. The molecule has 18 heavy (non-hydrogen) atoms. The van der Waals surface area contributed by atoms with Gasteiger partial charge in [0.1, 0.15) is 0 Å². The van der Waals surface area contributed by atoms with Gasteiger partial charge < -0.3 is 5.32 Å². The highest BCUT2D eigenvalue weighted by Gasteiger charge is 2.29. The maximum atomic E-state index is 3.63. The Bertz CT molecular complexity index is 223. The maximum Gasteiger partial charge on any atom is 0.0158 e. The van der Waals surface area contributed by atoms with E-state index in [0.29, 0.717) is 5.41 Å². The second-order valence-electron chi connectivity index (χ2n) is 6.13. The van der Waals surface area contributed by atoms with Gasteiger partial charge in [0.15, 0.2) is 0 Å². The summed E-state index contributed by atoms with van der Waals surface area (Å²) in [6, 6.07) is 0.756. The third-order valence-electron chi connectivity index (χ3n) is 3.92. The molecule has 108 valence electrons. The van der Waals surface area contributed by atoms with Crippen molar-refractivity contribution in [1.29, 1.82) is 0 Å². The quantitative estimate of drug-likeness (QED) is 0.683. The molecule has 0 aromatic rings. The van der Waals surface area contributed by atoms with Gasteiger partial charge in [-0.25, -0.2) is 0 Å². The lowest BCUT2D eigenvalue weighted by Crippen LogP contribution is -2.48. The van der Waals surface area contributed by atoms with Crippen LogP contribution in [-0.2, 0) is 0 Å². The molecule has 0 amide bonds. The topological polar surface area (TPSA) is 15.3 Å². The lowest BCUT2D eigenvalue weighted by Gasteiger charge is -2.41. The maximum absolute atomic E-state index is 3.63. The summed E-state index contributed by atoms with van der Waals surface area (Å²) in [4.78, 5) is 2.71. The molecular formula is C15H32N2S. The first-order chi connectivity index (χ1) is 8.61. The highest BCUT2D eigenvalue weighted by molar-refractivity contribution is 7.99. The first kappa shape index (κ1) is 16.3. The zero-order chi connectivity index (χ0) is 13.4. The first-order valence-corrected chi connectivity index (χ1v) is 8.79. The van der Waals surface area contributed by atoms with Crippen molar-refractivity contribution in [3.8, 4) is 0 Å². The predicted molar refractivity (Wildman–Crippen MR) is 84.5 cm³/mol. The number of nitrogens with zero attached hydrogens (tertiary/aromatic N) is 1. The van der Waals surface area contributed by atoms with E-state index < -0.39 is 0 Å². The molecule has 0 aliphatic carbocycles. The van der Waals surface area contributed by atoms with Crippen LogP contribution in [0.2, 0.25) is 0 Å². The molecule has 2 unspecified atom stereocenters. The number of rotatable bonds is 8. The molecular weight excluding hydrogens is 240 g/mol. The Morgan fingerprint density at radius 2 is 2.11 bits per heavy atom. The average molecular weight is 273 g/mol. The summed E-state index contributed by atoms with van der Waals surface area (Å²) in [6.45, 7) is 14.3. The fraction of sp³-hybridized carbons (Fsp3) is 1.00. The molecule has 1 heterocycles. The van der Waals surface area contributed by atoms with E-state index in [4.69, 9.17) is 0 Å². The van der Waals surface area contributed by atoms with E-state index in [1.165, 1.54) is 50.4 Å². The van der Waals surface area contributed by atoms with Gasteiger partial charge in [-0.1, -0.05) is 27.2 Å². The van der Waals surface area contributed by atoms with Gasteiger partial charge in [0.05, 0.1) is 0 Å². The molecule has 1 fully saturated rings. The minimum Gasteiger partial charge on any atom is -0.316 e. The van der Waals surface area contributed by atoms with Gasteiger partial charge in [0.2, 0.25) is 0 Å². The lowest BCUT2D eigenvalue weighted by atomic mass is 9.84. The third kappa shape index (κ3) is 5.50. The van der Waals surface area contributed by atoms with Crippen LogP contribution in [0.1, 0.15) is 47.0 Å². The molecule has 1 aliphatic heterocycles. The van der Waals surface area contributed by atoms with Gasteiger partial charge in [-0.15, -0.1) is 0 Å². The Morgan fingerprint density at radius 3 is 2.72 bits per heavy atom. The Morgan fingerprint density at radius 1 is 1.33 bits per heavy atom. The van der Waals surface area contributed by atoms with Crippen molar-refractivity contribution in [3.05, 3.63) is 0 Å². The molecule has 2 atom stereocenters. The highest BCUT2D eigenvalue weighted by Crippen LogP contribution is 2.27. The minimum absolute atomic E-state index is 0.445. The smallest absolute Gasteiger partial charge is 0.0158 e. The van der Waals surface area contributed by atoms with E-state index in [9.17, 15) is 0 Å². The van der Waals surface area contributed by atoms with E-state index in [2.05, 4.69) is 49.7 Å². The Hall–Kier alpha value is 0.270. The fourth-order valence-corrected chi connectivity index (χ4v) is 3.96. The van der Waals surface area contributed by atoms with Crippen LogP contribution < -0.4 is 5.32 Å². The predicted octanol–water partition coefficient (Wildman–Crippen LogP) is 3.23. The third-order valence-corrected chi connectivity index (χ3v) is 5.11. The van der Waals surface area contributed by atoms with Crippen molar-refractivity contribution < 1.29 is 0 Å². The number of thioether (sulfide) groups is 1. The molecule has 1 N–H and O–H groups in total. The van der Waals surface area contributed by atoms with Crippen LogP contribution in [0.3, 0.4) is 0 Å². The van der Waals surface area contributed by atoms with E-state index in [-0.39, 0.29) is 0 Å². The van der Waals surface area contributed by atoms with Gasteiger partial charge in [0, 0.05) is 37.2 Å². The van der Waals surface area contributed by atoms with Gasteiger partial charge in [-0.05, 0) is 31.7 Å². The zero-order valence-electron chi connectivity index (χ0n) is 12.8. The van der Waals surface area contributed by atoms with Crippen molar-refractivity contribution in [3.63, 3.8) is 0 Å². The molecule has 0 radical (unpaired) electrons. The second-order valence-corrected chi connectivity index (χ2v) is 7.28. The van der Waals surface area contributed by atoms with Crippen molar-refractivity contribution in [2.45, 2.75) is 53.0 Å². The molecule has 0 bridgehead atoms. The minimum atomic E-state index is 0.445. The molecule has 1 rings (SSSR count). The van der Waals surface area contributed by atoms with E-state index in [0.717, 1.165) is 12.6 Å². The van der Waals surface area contributed by atoms with Crippen LogP contribution in [0.5, 0.6) is 0 Å². The molecule has 1 aliphatic rings. The number of nitrogens with one attached hydrogen (secondary N) is 1. The Labute approximate surface area is 118 Å². The van der Waals surface area contributed by atoms with Crippen LogP contribution in [0.4, 0.5) is 0 Å². The molecule has 3 heteroatoms. The normalized spacial score (nSPS) is 25.0. The van der Waals surface area contributed by atoms with E-state index >= 15 is 0 Å². The molecule has 1 saturated heterocycles. The molecule has 0 saturated carbocycles. The Kier molecular flexibility index (Phi) is 7.66. The highest BCUT2D eigenvalue weighted by atomic mass is 32.2. The summed E-state index contributed by atoms with van der Waals surface area (Å²) in [7, 11) is 0. The van der Waals surface area contributed by atoms with Crippen LogP contribution in [-0.4, -0.2) is 48.6 Å². The number of hydrogen-bond donors (Lipinski definition) is 1. The molecule has 2 nitrogen and oxygen atoms in total. The summed E-state index contributed by atoms with van der Waals surface area (Å²) in [5.74, 6) is 2.62. The molecule has 0 aromatic heterocycles. The molecule has 0 spiro atoms. The van der Waals surface area contributed by atoms with Gasteiger partial charge in [0.25, 0.3) is 0 Å². The number of hydrogen-bond acceptors (Lipinski definition) is 3. The van der Waals surface area contributed by atoms with Crippen molar-refractivity contribution in [1.82, 2.24) is 10.2 Å². The fourth-order valence-electron chi connectivity index (χ4n) is 2.88. The summed E-state index contributed by atoms with van der Waals surface area (Å²) in [5, 5.41) is 3.63. The van der Waals surface area contributed by atoms with Crippen LogP contribution in [0.15, 0.2) is 0 Å². The second kappa shape index (κ2) is 8.44. The van der Waals surface area contributed by atoms with Gasteiger partial charge in [-0.2, -0.15) is 11.8 Å². The standard InChI is InChI=1S/C15H32N2S/c1-5-7-15(4,12-16-8-6-2)13-17-9-10-18-11-14(17)3/h14,16H,5-13H2,1-4H3. The van der Waals surface area contributed by atoms with Crippen molar-refractivity contribution in [2.24, 2.45) is 5.41 Å². The molecule has 0 aromatic carbocycles. The van der Waals surface area contributed by atoms with E-state index in [1.807, 2.05) is 0 Å². The van der Waals surface area contributed by atoms with Crippen LogP contribution in [0, 0.1) is 5.41 Å². The van der Waals surface area contributed by atoms with Crippen molar-refractivity contribution >= 4 is 11.8 Å². The SMILES string of the molecule is CCCNCC(C)(CCC)CN1CCSCC1C. The summed E-state index contributed by atoms with van der Waals surface area (Å²) < 4.78 is 0. The van der Waals surface area contributed by atoms with Gasteiger partial charge in [-0.3, -0.25) is 4.90 Å². The zero-order valence-corrected chi connectivity index (χ0v) is 13.6. The lowest BCUT2D eigenvalue weighted by molar-refractivity contribution is 0.127. The Balaban J connectivity index is 2.48. The van der Waals surface area contributed by atoms with Crippen LogP contribution in [0.25, 0.3) is 0 Å². The summed E-state index contributed by atoms with van der Waals surface area (Å²) in [6.07, 6.45) is 3.86. The summed E-state index contributed by atoms with van der Waals surface area (Å²) >= 11 is 2.11.